The van der Waals surface area contributed by atoms with Crippen LogP contribution in [0.15, 0.2) is 11.1 Å². The fourth-order valence-corrected chi connectivity index (χ4v) is 6.08. The highest BCUT2D eigenvalue weighted by Gasteiger charge is 2.51. The smallest absolute Gasteiger partial charge is 0.192 e. The summed E-state index contributed by atoms with van der Waals surface area (Å²) in [4.78, 5) is 12.8. The lowest BCUT2D eigenvalue weighted by Crippen LogP contribution is -2.47. The number of fused-ring (bicyclic) bond motifs is 1. The van der Waals surface area contributed by atoms with Crippen LogP contribution in [0.5, 0.6) is 0 Å². The topological polar surface area (TPSA) is 44.8 Å². The lowest BCUT2D eigenvalue weighted by atomic mass is 9.70. The molecule has 1 aliphatic heterocycles. The van der Waals surface area contributed by atoms with Gasteiger partial charge in [-0.2, -0.15) is 0 Å². The molecule has 0 amide bonds. The van der Waals surface area contributed by atoms with Gasteiger partial charge in [-0.3, -0.25) is 4.79 Å². The van der Waals surface area contributed by atoms with Crippen molar-refractivity contribution in [3.8, 4) is 0 Å². The van der Waals surface area contributed by atoms with Gasteiger partial charge in [0.1, 0.15) is 0 Å². The van der Waals surface area contributed by atoms with Gasteiger partial charge >= 0.3 is 0 Å². The summed E-state index contributed by atoms with van der Waals surface area (Å²) in [6, 6.07) is 0. The molecular weight excluding hydrogens is 356 g/mol. The zero-order chi connectivity index (χ0) is 20.1. The number of ether oxygens (including phenoxy) is 2. The normalized spacial score (nSPS) is 31.5. The molecule has 2 fully saturated rings. The number of hydrogen-bond donors (Lipinski definition) is 0. The largest absolute Gasteiger partial charge is 0.413 e. The van der Waals surface area contributed by atoms with Crippen LogP contribution in [0, 0.1) is 5.41 Å². The molecule has 0 spiro atoms. The Morgan fingerprint density at radius 3 is 2.37 bits per heavy atom. The van der Waals surface area contributed by atoms with Crippen LogP contribution in [0.25, 0.3) is 0 Å². The zero-order valence-electron chi connectivity index (χ0n) is 18.4. The summed E-state index contributed by atoms with van der Waals surface area (Å²) in [5, 5.41) is 0.203. The Morgan fingerprint density at radius 1 is 1.15 bits per heavy atom. The second-order valence-electron chi connectivity index (χ2n) is 10.5. The average Bonchev–Trinajstić information content (AvgIpc) is 3.11. The molecule has 2 aliphatic carbocycles. The Balaban J connectivity index is 1.81. The predicted octanol–water partition coefficient (Wildman–Crippen LogP) is 5.38. The van der Waals surface area contributed by atoms with Crippen molar-refractivity contribution in [2.45, 2.75) is 103 Å². The molecule has 3 aliphatic rings. The molecule has 5 heteroatoms. The van der Waals surface area contributed by atoms with Gasteiger partial charge in [0.25, 0.3) is 0 Å². The van der Waals surface area contributed by atoms with Crippen LogP contribution in [0.1, 0.15) is 73.1 Å². The fourth-order valence-electron chi connectivity index (χ4n) is 4.64. The maximum atomic E-state index is 12.8. The van der Waals surface area contributed by atoms with Crippen molar-refractivity contribution in [1.82, 2.24) is 0 Å². The summed E-state index contributed by atoms with van der Waals surface area (Å²) in [6.07, 6.45) is 5.36. The van der Waals surface area contributed by atoms with Crippen molar-refractivity contribution in [3.63, 3.8) is 0 Å². The molecule has 154 valence electrons. The van der Waals surface area contributed by atoms with Crippen molar-refractivity contribution in [3.05, 3.63) is 11.1 Å². The highest BCUT2D eigenvalue weighted by Crippen LogP contribution is 2.54. The number of allylic oxidation sites excluding steroid dienone is 1. The molecule has 1 heterocycles. The Bertz CT molecular complexity index is 625. The Hall–Kier alpha value is -0.493. The van der Waals surface area contributed by atoms with Gasteiger partial charge in [0, 0.05) is 18.3 Å². The monoisotopic (exact) mass is 394 g/mol. The van der Waals surface area contributed by atoms with Crippen molar-refractivity contribution in [1.29, 1.82) is 0 Å². The lowest BCUT2D eigenvalue weighted by molar-refractivity contribution is -0.146. The van der Waals surface area contributed by atoms with E-state index in [9.17, 15) is 4.79 Å². The van der Waals surface area contributed by atoms with Gasteiger partial charge < -0.3 is 13.9 Å². The Kier molecular flexibility index (Phi) is 5.57. The molecular formula is C22H38O4Si. The van der Waals surface area contributed by atoms with Gasteiger partial charge in [-0.25, -0.2) is 0 Å². The maximum Gasteiger partial charge on any atom is 0.192 e. The van der Waals surface area contributed by atoms with Crippen LogP contribution in [0.2, 0.25) is 18.1 Å². The van der Waals surface area contributed by atoms with Crippen LogP contribution >= 0.6 is 0 Å². The lowest BCUT2D eigenvalue weighted by Gasteiger charge is -2.44. The van der Waals surface area contributed by atoms with Gasteiger partial charge in [0.15, 0.2) is 19.9 Å². The SMILES string of the molecule is CC1(CCC2=C3CC[C@H](O[Si](C)(C)C(C)(C)C)[C@@]3(C)CCC2=O)OCCO1. The quantitative estimate of drug-likeness (QED) is 0.587. The Labute approximate surface area is 166 Å². The number of carbonyl (C=O) groups excluding carboxylic acids is 1. The van der Waals surface area contributed by atoms with Crippen molar-refractivity contribution in [2.24, 2.45) is 5.41 Å². The standard InChI is InChI=1S/C22H38O4Si/c1-20(2,3)27(6,7)26-19-9-8-17-16(18(23)11-12-21(17,19)4)10-13-22(5)24-14-15-25-22/h19H,8-15H2,1-7H3/t19-,21-/m0/s1. The molecule has 0 aromatic heterocycles. The first-order chi connectivity index (χ1) is 12.4. The van der Waals surface area contributed by atoms with Crippen molar-refractivity contribution in [2.75, 3.05) is 13.2 Å². The minimum Gasteiger partial charge on any atom is -0.413 e. The van der Waals surface area contributed by atoms with E-state index in [4.69, 9.17) is 13.9 Å². The Morgan fingerprint density at radius 2 is 1.78 bits per heavy atom. The van der Waals surface area contributed by atoms with E-state index in [1.807, 2.05) is 6.92 Å². The van der Waals surface area contributed by atoms with E-state index in [0.29, 0.717) is 25.4 Å². The summed E-state index contributed by atoms with van der Waals surface area (Å²) in [5.41, 5.74) is 2.42. The molecule has 3 rings (SSSR count). The van der Waals surface area contributed by atoms with E-state index in [1.54, 1.807) is 0 Å². The van der Waals surface area contributed by atoms with Gasteiger partial charge in [0.05, 0.1) is 19.3 Å². The average molecular weight is 395 g/mol. The number of Topliss-reactive ketones (excluding diaryl/α,β-unsaturated/α-hetero) is 1. The molecule has 0 unspecified atom stereocenters. The molecule has 27 heavy (non-hydrogen) atoms. The van der Waals surface area contributed by atoms with Crippen molar-refractivity contribution < 1.29 is 18.7 Å². The van der Waals surface area contributed by atoms with E-state index in [-0.39, 0.29) is 16.6 Å². The first-order valence-electron chi connectivity index (χ1n) is 10.6. The zero-order valence-corrected chi connectivity index (χ0v) is 19.4. The predicted molar refractivity (Wildman–Crippen MR) is 110 cm³/mol. The number of carbonyl (C=O) groups is 1. The molecule has 1 saturated carbocycles. The minimum atomic E-state index is -1.83. The maximum absolute atomic E-state index is 12.8. The van der Waals surface area contributed by atoms with Gasteiger partial charge in [-0.05, 0) is 56.3 Å². The third-order valence-corrected chi connectivity index (χ3v) is 12.1. The number of hydrogen-bond acceptors (Lipinski definition) is 4. The van der Waals surface area contributed by atoms with Crippen LogP contribution in [-0.4, -0.2) is 39.2 Å². The summed E-state index contributed by atoms with van der Waals surface area (Å²) < 4.78 is 18.4. The number of ketones is 1. The first-order valence-corrected chi connectivity index (χ1v) is 13.5. The molecule has 0 aromatic rings. The molecule has 0 N–H and O–H groups in total. The van der Waals surface area contributed by atoms with Crippen molar-refractivity contribution >= 4 is 14.1 Å². The highest BCUT2D eigenvalue weighted by atomic mass is 28.4. The van der Waals surface area contributed by atoms with Gasteiger partial charge in [0.2, 0.25) is 0 Å². The fraction of sp³-hybridized carbons (Fsp3) is 0.864. The molecule has 0 aromatic carbocycles. The third-order valence-electron chi connectivity index (χ3n) is 7.60. The first kappa shape index (κ1) is 21.2. The molecule has 0 bridgehead atoms. The second-order valence-corrected chi connectivity index (χ2v) is 15.3. The summed E-state index contributed by atoms with van der Waals surface area (Å²) in [5.74, 6) is -0.200. The van der Waals surface area contributed by atoms with Crippen LogP contribution in [0.4, 0.5) is 0 Å². The summed E-state index contributed by atoms with van der Waals surface area (Å²) >= 11 is 0. The second kappa shape index (κ2) is 7.08. The van der Waals surface area contributed by atoms with E-state index >= 15 is 0 Å². The number of rotatable bonds is 5. The summed E-state index contributed by atoms with van der Waals surface area (Å²) in [6.45, 7) is 17.2. The van der Waals surface area contributed by atoms with E-state index < -0.39 is 14.1 Å². The minimum absolute atomic E-state index is 0.0110. The van der Waals surface area contributed by atoms with Gasteiger partial charge in [-0.15, -0.1) is 0 Å². The van der Waals surface area contributed by atoms with Gasteiger partial charge in [-0.1, -0.05) is 33.3 Å². The van der Waals surface area contributed by atoms with E-state index in [1.165, 1.54) is 5.57 Å². The van der Waals surface area contributed by atoms with E-state index in [2.05, 4.69) is 40.8 Å². The highest BCUT2D eigenvalue weighted by molar-refractivity contribution is 6.74. The molecule has 4 nitrogen and oxygen atoms in total. The van der Waals surface area contributed by atoms with Crippen LogP contribution in [0.3, 0.4) is 0 Å². The van der Waals surface area contributed by atoms with E-state index in [0.717, 1.165) is 37.7 Å². The molecule has 0 radical (unpaired) electrons. The summed E-state index contributed by atoms with van der Waals surface area (Å²) in [7, 11) is -1.83. The third kappa shape index (κ3) is 3.98. The van der Waals surface area contributed by atoms with Crippen LogP contribution in [-0.2, 0) is 18.7 Å². The van der Waals surface area contributed by atoms with Crippen LogP contribution < -0.4 is 0 Å². The molecule has 2 atom stereocenters. The molecule has 1 saturated heterocycles.